The number of piperidine rings is 1. The Morgan fingerprint density at radius 1 is 1.09 bits per heavy atom. The standard InChI is InChI=1S/C25H42N4O3/c1-18(2)10-12-26-24(31)21-16-28(15-19(3)4)17-22(23(21)30)25(32)29-13-8-7-9-20(29)11-14-27(5)6/h16-20H,7-15H2,1-6H3,(H,26,31)/t20-/m1/s1. The van der Waals surface area contributed by atoms with Crippen LogP contribution in [0.2, 0.25) is 0 Å². The van der Waals surface area contributed by atoms with Crippen molar-refractivity contribution in [2.75, 3.05) is 33.7 Å². The minimum Gasteiger partial charge on any atom is -0.352 e. The number of aromatic nitrogens is 1. The molecule has 0 aliphatic carbocycles. The van der Waals surface area contributed by atoms with Gasteiger partial charge < -0.3 is 19.7 Å². The minimum atomic E-state index is -0.464. The summed E-state index contributed by atoms with van der Waals surface area (Å²) in [6.07, 6.45) is 7.96. The second-order valence-corrected chi connectivity index (χ2v) is 10.2. The molecule has 7 heteroatoms. The zero-order valence-electron chi connectivity index (χ0n) is 20.8. The molecule has 32 heavy (non-hydrogen) atoms. The number of hydrogen-bond acceptors (Lipinski definition) is 4. The molecule has 1 N–H and O–H groups in total. The summed E-state index contributed by atoms with van der Waals surface area (Å²) in [5, 5.41) is 2.86. The van der Waals surface area contributed by atoms with E-state index >= 15 is 0 Å². The van der Waals surface area contributed by atoms with E-state index in [1.165, 1.54) is 0 Å². The smallest absolute Gasteiger partial charge is 0.259 e. The Balaban J connectivity index is 2.36. The molecule has 1 aromatic rings. The fraction of sp³-hybridized carbons (Fsp3) is 0.720. The van der Waals surface area contributed by atoms with Crippen LogP contribution >= 0.6 is 0 Å². The van der Waals surface area contributed by atoms with Crippen LogP contribution in [0.25, 0.3) is 0 Å². The van der Waals surface area contributed by atoms with Gasteiger partial charge in [-0.1, -0.05) is 27.7 Å². The molecule has 0 bridgehead atoms. The molecule has 7 nitrogen and oxygen atoms in total. The van der Waals surface area contributed by atoms with Crippen molar-refractivity contribution in [1.29, 1.82) is 0 Å². The van der Waals surface area contributed by atoms with Gasteiger partial charge in [-0.2, -0.15) is 0 Å². The highest BCUT2D eigenvalue weighted by atomic mass is 16.2. The van der Waals surface area contributed by atoms with Crippen LogP contribution in [0.3, 0.4) is 0 Å². The van der Waals surface area contributed by atoms with Crippen molar-refractivity contribution >= 4 is 11.8 Å². The lowest BCUT2D eigenvalue weighted by molar-refractivity contribution is 0.0589. The van der Waals surface area contributed by atoms with Gasteiger partial charge in [0.25, 0.3) is 11.8 Å². The molecule has 1 atom stereocenters. The van der Waals surface area contributed by atoms with Crippen LogP contribution in [0.1, 0.15) is 80.5 Å². The van der Waals surface area contributed by atoms with Crippen LogP contribution in [0.4, 0.5) is 0 Å². The number of nitrogens with zero attached hydrogens (tertiary/aromatic N) is 3. The Labute approximate surface area is 193 Å². The molecule has 0 spiro atoms. The first-order valence-corrected chi connectivity index (χ1v) is 12.1. The summed E-state index contributed by atoms with van der Waals surface area (Å²) in [6.45, 7) is 11.0. The first kappa shape index (κ1) is 26.1. The fourth-order valence-electron chi connectivity index (χ4n) is 4.17. The van der Waals surface area contributed by atoms with E-state index in [0.29, 0.717) is 31.5 Å². The predicted octanol–water partition coefficient (Wildman–Crippen LogP) is 3.23. The van der Waals surface area contributed by atoms with E-state index in [0.717, 1.165) is 38.6 Å². The molecule has 0 radical (unpaired) electrons. The molecule has 2 amide bonds. The Morgan fingerprint density at radius 2 is 1.78 bits per heavy atom. The number of likely N-dealkylation sites (tertiary alicyclic amines) is 1. The first-order chi connectivity index (χ1) is 15.1. The van der Waals surface area contributed by atoms with E-state index in [2.05, 4.69) is 37.9 Å². The normalized spacial score (nSPS) is 16.8. The maximum absolute atomic E-state index is 13.6. The van der Waals surface area contributed by atoms with E-state index in [-0.39, 0.29) is 23.1 Å². The highest BCUT2D eigenvalue weighted by Crippen LogP contribution is 2.22. The molecule has 0 unspecified atom stereocenters. The van der Waals surface area contributed by atoms with E-state index in [1.807, 2.05) is 23.6 Å². The third kappa shape index (κ3) is 7.47. The van der Waals surface area contributed by atoms with E-state index in [4.69, 9.17) is 0 Å². The maximum Gasteiger partial charge on any atom is 0.259 e. The second kappa shape index (κ2) is 12.2. The van der Waals surface area contributed by atoms with Crippen molar-refractivity contribution in [3.05, 3.63) is 33.7 Å². The van der Waals surface area contributed by atoms with Crippen molar-refractivity contribution in [2.24, 2.45) is 11.8 Å². The lowest BCUT2D eigenvalue weighted by Crippen LogP contribution is -2.47. The summed E-state index contributed by atoms with van der Waals surface area (Å²) in [5.74, 6) is 0.137. The summed E-state index contributed by atoms with van der Waals surface area (Å²) in [5.41, 5.74) is -0.296. The van der Waals surface area contributed by atoms with Crippen LogP contribution in [0.15, 0.2) is 17.2 Å². The Morgan fingerprint density at radius 3 is 2.41 bits per heavy atom. The largest absolute Gasteiger partial charge is 0.352 e. The zero-order chi connectivity index (χ0) is 23.8. The highest BCUT2D eigenvalue weighted by molar-refractivity contribution is 5.99. The van der Waals surface area contributed by atoms with Crippen molar-refractivity contribution in [3.63, 3.8) is 0 Å². The number of nitrogens with one attached hydrogen (secondary N) is 1. The van der Waals surface area contributed by atoms with Crippen LogP contribution in [-0.4, -0.2) is 66.0 Å². The van der Waals surface area contributed by atoms with Crippen LogP contribution in [0.5, 0.6) is 0 Å². The SMILES string of the molecule is CC(C)CCNC(=O)c1cn(CC(C)C)cc(C(=O)N2CCCC[C@@H]2CCN(C)C)c1=O. The molecule has 1 saturated heterocycles. The van der Waals surface area contributed by atoms with Crippen LogP contribution < -0.4 is 10.7 Å². The molecule has 0 aromatic carbocycles. The first-order valence-electron chi connectivity index (χ1n) is 12.1. The van der Waals surface area contributed by atoms with Gasteiger partial charge in [-0.15, -0.1) is 0 Å². The molecular weight excluding hydrogens is 404 g/mol. The summed E-state index contributed by atoms with van der Waals surface area (Å²) >= 11 is 0. The number of carbonyl (C=O) groups is 2. The molecule has 180 valence electrons. The molecule has 2 rings (SSSR count). The van der Waals surface area contributed by atoms with E-state index < -0.39 is 11.3 Å². The molecule has 0 saturated carbocycles. The molecule has 1 aliphatic heterocycles. The van der Waals surface area contributed by atoms with Crippen molar-refractivity contribution in [1.82, 2.24) is 19.7 Å². The van der Waals surface area contributed by atoms with Crippen molar-refractivity contribution in [2.45, 2.75) is 72.4 Å². The van der Waals surface area contributed by atoms with Crippen molar-refractivity contribution < 1.29 is 9.59 Å². The van der Waals surface area contributed by atoms with Gasteiger partial charge in [0.2, 0.25) is 5.43 Å². The monoisotopic (exact) mass is 446 g/mol. The Kier molecular flexibility index (Phi) is 9.94. The van der Waals surface area contributed by atoms with Gasteiger partial charge in [0.15, 0.2) is 0 Å². The lowest BCUT2D eigenvalue weighted by Gasteiger charge is -2.36. The molecule has 1 aromatic heterocycles. The van der Waals surface area contributed by atoms with Gasteiger partial charge in [-0.3, -0.25) is 14.4 Å². The average molecular weight is 447 g/mol. The molecule has 2 heterocycles. The number of hydrogen-bond donors (Lipinski definition) is 1. The fourth-order valence-corrected chi connectivity index (χ4v) is 4.17. The summed E-state index contributed by atoms with van der Waals surface area (Å²) in [7, 11) is 4.06. The predicted molar refractivity (Wildman–Crippen MR) is 129 cm³/mol. The Hall–Kier alpha value is -2.15. The zero-order valence-corrected chi connectivity index (χ0v) is 20.8. The maximum atomic E-state index is 13.6. The van der Waals surface area contributed by atoms with Crippen molar-refractivity contribution in [3.8, 4) is 0 Å². The van der Waals surface area contributed by atoms with Crippen LogP contribution in [0, 0.1) is 11.8 Å². The minimum absolute atomic E-state index is 0.0575. The topological polar surface area (TPSA) is 74.7 Å². The number of pyridine rings is 1. The third-order valence-electron chi connectivity index (χ3n) is 5.93. The summed E-state index contributed by atoms with van der Waals surface area (Å²) in [6, 6.07) is 0.125. The van der Waals surface area contributed by atoms with Gasteiger partial charge in [0.05, 0.1) is 0 Å². The lowest BCUT2D eigenvalue weighted by atomic mass is 9.97. The summed E-state index contributed by atoms with van der Waals surface area (Å²) < 4.78 is 1.83. The van der Waals surface area contributed by atoms with Gasteiger partial charge in [-0.25, -0.2) is 0 Å². The molecule has 1 aliphatic rings. The van der Waals surface area contributed by atoms with E-state index in [1.54, 1.807) is 12.4 Å². The number of carbonyl (C=O) groups excluding carboxylic acids is 2. The third-order valence-corrected chi connectivity index (χ3v) is 5.93. The number of rotatable bonds is 10. The summed E-state index contributed by atoms with van der Waals surface area (Å²) in [4.78, 5) is 43.6. The average Bonchev–Trinajstić information content (AvgIpc) is 2.72. The Bertz CT molecular complexity index is 829. The number of amides is 2. The molecular formula is C25H42N4O3. The van der Waals surface area contributed by atoms with Gasteiger partial charge >= 0.3 is 0 Å². The van der Waals surface area contributed by atoms with Gasteiger partial charge in [0, 0.05) is 38.1 Å². The quantitative estimate of drug-likeness (QED) is 0.599. The van der Waals surface area contributed by atoms with Gasteiger partial charge in [0.1, 0.15) is 11.1 Å². The van der Waals surface area contributed by atoms with Crippen LogP contribution in [-0.2, 0) is 6.54 Å². The molecule has 1 fully saturated rings. The second-order valence-electron chi connectivity index (χ2n) is 10.2. The highest BCUT2D eigenvalue weighted by Gasteiger charge is 2.30. The van der Waals surface area contributed by atoms with Gasteiger partial charge in [-0.05, 0) is 64.6 Å². The van der Waals surface area contributed by atoms with E-state index in [9.17, 15) is 14.4 Å².